The molecule has 260 valence electrons. The van der Waals surface area contributed by atoms with Crippen LogP contribution in [-0.2, 0) is 9.53 Å². The van der Waals surface area contributed by atoms with Gasteiger partial charge in [-0.25, -0.2) is 9.97 Å². The quantitative estimate of drug-likeness (QED) is 0.187. The van der Waals surface area contributed by atoms with E-state index in [1.54, 1.807) is 12.0 Å². The Morgan fingerprint density at radius 1 is 0.875 bits per heavy atom. The third kappa shape index (κ3) is 10.0. The van der Waals surface area contributed by atoms with Gasteiger partial charge in [0.15, 0.2) is 11.3 Å². The van der Waals surface area contributed by atoms with Crippen molar-refractivity contribution in [3.05, 3.63) is 34.6 Å². The maximum Gasteiger partial charge on any atom is 0.226 e. The Bertz CT molecular complexity index is 1690. The SMILES string of the molecule is COC(C)(C)C.Cc1cc(C)c2c(N)nc(NC3CCCNCC3)nc2n1.Cc1cc(C)c2c(N)nc(NCC3CN(C=O)C3)nc2n1. The highest BCUT2D eigenvalue weighted by Crippen LogP contribution is 2.25. The van der Waals surface area contributed by atoms with Crippen LogP contribution in [0.3, 0.4) is 0 Å². The van der Waals surface area contributed by atoms with Crippen molar-refractivity contribution in [2.45, 2.75) is 79.4 Å². The van der Waals surface area contributed by atoms with Gasteiger partial charge in [-0.05, 0) is 104 Å². The van der Waals surface area contributed by atoms with E-state index in [2.05, 4.69) is 45.9 Å². The van der Waals surface area contributed by atoms with Crippen molar-refractivity contribution in [1.29, 1.82) is 0 Å². The average molecular weight is 661 g/mol. The smallest absolute Gasteiger partial charge is 0.226 e. The molecule has 6 heterocycles. The molecule has 1 atom stereocenters. The molecule has 0 aromatic carbocycles. The molecule has 0 aliphatic carbocycles. The lowest BCUT2D eigenvalue weighted by Crippen LogP contribution is -2.48. The van der Waals surface area contributed by atoms with Crippen molar-refractivity contribution in [1.82, 2.24) is 40.1 Å². The van der Waals surface area contributed by atoms with Crippen molar-refractivity contribution in [2.75, 3.05) is 61.9 Å². The van der Waals surface area contributed by atoms with E-state index in [1.165, 1.54) is 0 Å². The summed E-state index contributed by atoms with van der Waals surface area (Å²) in [5.74, 6) is 2.45. The molecule has 4 aromatic heterocycles. The monoisotopic (exact) mass is 660 g/mol. The Balaban J connectivity index is 0.000000186. The first-order valence-corrected chi connectivity index (χ1v) is 16.5. The first-order chi connectivity index (χ1) is 22.8. The number of methoxy groups -OCH3 is 1. The number of aromatic nitrogens is 6. The van der Waals surface area contributed by atoms with Gasteiger partial charge in [0.1, 0.15) is 11.6 Å². The van der Waals surface area contributed by atoms with Gasteiger partial charge in [-0.15, -0.1) is 0 Å². The molecule has 0 spiro atoms. The van der Waals surface area contributed by atoms with Crippen LogP contribution in [0.2, 0.25) is 0 Å². The minimum Gasteiger partial charge on any atom is -0.383 e. The molecule has 0 saturated carbocycles. The van der Waals surface area contributed by atoms with Crippen LogP contribution in [0.1, 0.15) is 62.5 Å². The summed E-state index contributed by atoms with van der Waals surface area (Å²) in [6.45, 7) is 18.3. The highest BCUT2D eigenvalue weighted by atomic mass is 16.5. The van der Waals surface area contributed by atoms with Crippen LogP contribution in [0.4, 0.5) is 23.5 Å². The number of ether oxygens (including phenoxy) is 1. The Hall–Kier alpha value is -4.43. The fraction of sp³-hybridized carbons (Fsp3) is 0.559. The molecule has 2 aliphatic rings. The highest BCUT2D eigenvalue weighted by Gasteiger charge is 2.25. The predicted octanol–water partition coefficient (Wildman–Crippen LogP) is 3.93. The van der Waals surface area contributed by atoms with E-state index in [9.17, 15) is 4.79 Å². The van der Waals surface area contributed by atoms with Crippen LogP contribution in [-0.4, -0.2) is 92.7 Å². The largest absolute Gasteiger partial charge is 0.383 e. The van der Waals surface area contributed by atoms with Crippen LogP contribution in [0.25, 0.3) is 22.1 Å². The summed E-state index contributed by atoms with van der Waals surface area (Å²) in [5, 5.41) is 11.7. The number of likely N-dealkylation sites (tertiary alicyclic amines) is 1. The normalized spacial score (nSPS) is 16.6. The molecule has 14 nitrogen and oxygen atoms in total. The van der Waals surface area contributed by atoms with E-state index in [1.807, 2.05) is 60.6 Å². The number of carbonyl (C=O) groups excluding carboxylic acids is 1. The average Bonchev–Trinajstić information content (AvgIpc) is 3.24. The molecule has 48 heavy (non-hydrogen) atoms. The number of nitrogens with zero attached hydrogens (tertiary/aromatic N) is 7. The van der Waals surface area contributed by atoms with Crippen LogP contribution in [0.15, 0.2) is 12.1 Å². The molecule has 4 aromatic rings. The van der Waals surface area contributed by atoms with Gasteiger partial charge in [0, 0.05) is 50.1 Å². The first-order valence-electron chi connectivity index (χ1n) is 16.5. The molecular weight excluding hydrogens is 608 g/mol. The van der Waals surface area contributed by atoms with Gasteiger partial charge in [-0.2, -0.15) is 19.9 Å². The number of nitrogen functional groups attached to an aromatic ring is 2. The minimum absolute atomic E-state index is 0.0417. The maximum absolute atomic E-state index is 10.5. The number of hydrogen-bond donors (Lipinski definition) is 5. The molecule has 7 N–H and O–H groups in total. The van der Waals surface area contributed by atoms with E-state index in [0.717, 1.165) is 91.7 Å². The zero-order valence-electron chi connectivity index (χ0n) is 29.6. The number of hydrogen-bond acceptors (Lipinski definition) is 13. The van der Waals surface area contributed by atoms with Crippen LogP contribution in [0.5, 0.6) is 0 Å². The topological polar surface area (TPSA) is 195 Å². The second kappa shape index (κ2) is 16.1. The van der Waals surface area contributed by atoms with Gasteiger partial charge in [-0.1, -0.05) is 0 Å². The van der Waals surface area contributed by atoms with Gasteiger partial charge in [0.05, 0.1) is 16.4 Å². The number of anilines is 4. The number of carbonyl (C=O) groups is 1. The number of nitrogens with one attached hydrogen (secondary N) is 3. The van der Waals surface area contributed by atoms with Crippen molar-refractivity contribution in [2.24, 2.45) is 5.92 Å². The molecule has 2 aliphatic heterocycles. The van der Waals surface area contributed by atoms with Crippen molar-refractivity contribution in [3.8, 4) is 0 Å². The summed E-state index contributed by atoms with van der Waals surface area (Å²) in [6.07, 6.45) is 4.23. The van der Waals surface area contributed by atoms with E-state index >= 15 is 0 Å². The summed E-state index contributed by atoms with van der Waals surface area (Å²) in [5.41, 5.74) is 17.4. The van der Waals surface area contributed by atoms with E-state index in [4.69, 9.17) is 16.2 Å². The van der Waals surface area contributed by atoms with Crippen LogP contribution >= 0.6 is 0 Å². The Morgan fingerprint density at radius 3 is 1.96 bits per heavy atom. The number of rotatable bonds is 6. The molecule has 14 heteroatoms. The first kappa shape index (κ1) is 36.4. The molecule has 0 radical (unpaired) electrons. The number of amides is 1. The fourth-order valence-corrected chi connectivity index (χ4v) is 5.57. The molecule has 2 fully saturated rings. The third-order valence-electron chi connectivity index (χ3n) is 8.24. The summed E-state index contributed by atoms with van der Waals surface area (Å²) < 4.78 is 4.94. The second-order valence-electron chi connectivity index (χ2n) is 13.6. The number of aryl methyl sites for hydroxylation is 4. The number of fused-ring (bicyclic) bond motifs is 2. The van der Waals surface area contributed by atoms with Crippen LogP contribution < -0.4 is 27.4 Å². The summed E-state index contributed by atoms with van der Waals surface area (Å²) in [6, 6.07) is 4.37. The summed E-state index contributed by atoms with van der Waals surface area (Å²) >= 11 is 0. The molecular formula is C34H52N12O2. The lowest BCUT2D eigenvalue weighted by molar-refractivity contribution is -0.123. The molecule has 6 rings (SSSR count). The van der Waals surface area contributed by atoms with Crippen molar-refractivity contribution >= 4 is 52.0 Å². The minimum atomic E-state index is 0.0417. The van der Waals surface area contributed by atoms with Crippen molar-refractivity contribution in [3.63, 3.8) is 0 Å². The Kier molecular flexibility index (Phi) is 12.2. The zero-order valence-corrected chi connectivity index (χ0v) is 29.6. The fourth-order valence-electron chi connectivity index (χ4n) is 5.57. The highest BCUT2D eigenvalue weighted by molar-refractivity contribution is 5.90. The molecule has 1 amide bonds. The Morgan fingerprint density at radius 2 is 1.42 bits per heavy atom. The van der Waals surface area contributed by atoms with Gasteiger partial charge >= 0.3 is 0 Å². The summed E-state index contributed by atoms with van der Waals surface area (Å²) in [4.78, 5) is 38.8. The molecule has 1 unspecified atom stereocenters. The molecule has 2 saturated heterocycles. The van der Waals surface area contributed by atoms with Gasteiger partial charge < -0.3 is 37.1 Å². The standard InChI is InChI=1S/C15H22N6.C14H18N6O.C5H12O/c1-9-8-10(2)18-14-12(9)13(16)20-15(21-14)19-11-4-3-6-17-7-5-11;1-8-3-9(2)17-13-11(8)12(15)18-14(19-13)16-4-10-5-20(6-10)7-21;1-5(2,3)6-4/h8,11,17H,3-7H2,1-2H3,(H3,16,18,19,20,21);3,7,10H,4-6H2,1-2H3,(H3,15,16,17,18,19);1-4H3. The summed E-state index contributed by atoms with van der Waals surface area (Å²) in [7, 11) is 1.71. The lowest BCUT2D eigenvalue weighted by Gasteiger charge is -2.36. The van der Waals surface area contributed by atoms with Crippen molar-refractivity contribution < 1.29 is 9.53 Å². The van der Waals surface area contributed by atoms with Gasteiger partial charge in [-0.3, -0.25) is 4.79 Å². The maximum atomic E-state index is 10.5. The van der Waals surface area contributed by atoms with Gasteiger partial charge in [0.2, 0.25) is 18.3 Å². The van der Waals surface area contributed by atoms with Crippen LogP contribution in [0, 0.1) is 33.6 Å². The third-order valence-corrected chi connectivity index (χ3v) is 8.24. The van der Waals surface area contributed by atoms with E-state index in [0.29, 0.717) is 46.8 Å². The number of pyridine rings is 2. The molecule has 0 bridgehead atoms. The van der Waals surface area contributed by atoms with E-state index < -0.39 is 0 Å². The number of nitrogens with two attached hydrogens (primary N) is 2. The van der Waals surface area contributed by atoms with E-state index in [-0.39, 0.29) is 5.60 Å². The lowest BCUT2D eigenvalue weighted by atomic mass is 10.0. The predicted molar refractivity (Wildman–Crippen MR) is 193 cm³/mol. The second-order valence-corrected chi connectivity index (χ2v) is 13.6. The Labute approximate surface area is 283 Å². The van der Waals surface area contributed by atoms with Gasteiger partial charge in [0.25, 0.3) is 0 Å². The zero-order chi connectivity index (χ0) is 35.0.